The van der Waals surface area contributed by atoms with Crippen LogP contribution < -0.4 is 4.74 Å². The lowest BCUT2D eigenvalue weighted by Crippen LogP contribution is -1.87. The number of methoxy groups -OCH3 is 1. The molecule has 1 radical (unpaired) electrons. The Morgan fingerprint density at radius 2 is 2.06 bits per heavy atom. The van der Waals surface area contributed by atoms with Crippen LogP contribution in [0.4, 0.5) is 0 Å². The maximum absolute atomic E-state index is 5.38. The zero-order valence-electron chi connectivity index (χ0n) is 8.94. The Labute approximate surface area is 94.2 Å². The van der Waals surface area contributed by atoms with Crippen molar-refractivity contribution in [3.8, 4) is 5.75 Å². The first-order valence-corrected chi connectivity index (χ1v) is 5.16. The Balaban J connectivity index is 2.06. The van der Waals surface area contributed by atoms with E-state index in [-0.39, 0.29) is 0 Å². The Morgan fingerprint density at radius 1 is 1.12 bits per heavy atom. The van der Waals surface area contributed by atoms with E-state index in [9.17, 15) is 0 Å². The van der Waals surface area contributed by atoms with Crippen molar-refractivity contribution >= 4 is 11.6 Å². The van der Waals surface area contributed by atoms with Gasteiger partial charge in [-0.25, -0.2) is 0 Å². The molecule has 0 atom stereocenters. The summed E-state index contributed by atoms with van der Waals surface area (Å²) in [7, 11) is 1.69. The summed E-state index contributed by atoms with van der Waals surface area (Å²) in [5.74, 6) is 1.79. The zero-order chi connectivity index (χ0) is 11.0. The van der Waals surface area contributed by atoms with Gasteiger partial charge in [-0.05, 0) is 29.8 Å². The minimum Gasteiger partial charge on any atom is -0.496 e. The highest BCUT2D eigenvalue weighted by atomic mass is 16.5. The molecule has 0 fully saturated rings. The fourth-order valence-electron chi connectivity index (χ4n) is 1.97. The predicted octanol–water partition coefficient (Wildman–Crippen LogP) is 3.39. The molecule has 1 aliphatic carbocycles. The molecule has 2 heteroatoms. The number of hydrogen-bond acceptors (Lipinski definition) is 2. The molecule has 16 heavy (non-hydrogen) atoms. The topological polar surface area (TPSA) is 22.4 Å². The maximum atomic E-state index is 5.38. The summed E-state index contributed by atoms with van der Waals surface area (Å²) >= 11 is 0. The van der Waals surface area contributed by atoms with Gasteiger partial charge in [0.2, 0.25) is 0 Å². The van der Waals surface area contributed by atoms with Crippen LogP contribution in [0.25, 0.3) is 11.6 Å². The van der Waals surface area contributed by atoms with Crippen LogP contribution in [0, 0.1) is 6.42 Å². The van der Waals surface area contributed by atoms with E-state index in [1.54, 1.807) is 13.4 Å². The lowest BCUT2D eigenvalue weighted by atomic mass is 10.1. The van der Waals surface area contributed by atoms with Crippen molar-refractivity contribution in [2.24, 2.45) is 0 Å². The Bertz CT molecular complexity index is 536. The summed E-state index contributed by atoms with van der Waals surface area (Å²) in [6, 6.07) is 9.89. The first-order chi connectivity index (χ1) is 7.88. The summed E-state index contributed by atoms with van der Waals surface area (Å²) < 4.78 is 10.7. The molecule has 1 aromatic carbocycles. The number of furan rings is 1. The van der Waals surface area contributed by atoms with E-state index in [1.807, 2.05) is 24.3 Å². The fraction of sp³-hybridized carbons (Fsp3) is 0.0714. The lowest BCUT2D eigenvalue weighted by molar-refractivity contribution is 0.414. The maximum Gasteiger partial charge on any atom is 0.130 e. The van der Waals surface area contributed by atoms with Gasteiger partial charge in [0.1, 0.15) is 11.5 Å². The molecule has 79 valence electrons. The highest BCUT2D eigenvalue weighted by molar-refractivity contribution is 5.94. The number of benzene rings is 1. The van der Waals surface area contributed by atoms with Gasteiger partial charge >= 0.3 is 0 Å². The molecule has 0 saturated carbocycles. The standard InChI is InChI=1S/C14H11O2/c1-15-14-5-2-4-10-8-11(9-12(10)14)13-6-3-7-16-13/h2-9H,1H3. The molecule has 0 bridgehead atoms. The number of rotatable bonds is 2. The Morgan fingerprint density at radius 3 is 2.81 bits per heavy atom. The van der Waals surface area contributed by atoms with Crippen LogP contribution in [0.3, 0.4) is 0 Å². The van der Waals surface area contributed by atoms with Gasteiger partial charge in [0.15, 0.2) is 0 Å². The third-order valence-electron chi connectivity index (χ3n) is 2.74. The molecule has 0 spiro atoms. The Kier molecular flexibility index (Phi) is 2.07. The summed E-state index contributed by atoms with van der Waals surface area (Å²) in [5, 5.41) is 0. The third kappa shape index (κ3) is 1.34. The Hall–Kier alpha value is -1.96. The molecule has 2 aromatic rings. The number of ether oxygens (including phenoxy) is 1. The minimum absolute atomic E-state index is 0.887. The van der Waals surface area contributed by atoms with E-state index < -0.39 is 0 Å². The van der Waals surface area contributed by atoms with Crippen LogP contribution in [0.15, 0.2) is 41.0 Å². The van der Waals surface area contributed by atoms with Crippen molar-refractivity contribution in [3.05, 3.63) is 59.9 Å². The van der Waals surface area contributed by atoms with E-state index in [0.717, 1.165) is 22.6 Å². The minimum atomic E-state index is 0.887. The zero-order valence-corrected chi connectivity index (χ0v) is 8.94. The second-order valence-corrected chi connectivity index (χ2v) is 3.68. The van der Waals surface area contributed by atoms with Gasteiger partial charge in [-0.2, -0.15) is 0 Å². The van der Waals surface area contributed by atoms with E-state index in [4.69, 9.17) is 9.15 Å². The predicted molar refractivity (Wildman–Crippen MR) is 63.0 cm³/mol. The molecule has 2 nitrogen and oxygen atoms in total. The quantitative estimate of drug-likeness (QED) is 0.759. The fourth-order valence-corrected chi connectivity index (χ4v) is 1.97. The largest absolute Gasteiger partial charge is 0.496 e. The van der Waals surface area contributed by atoms with Gasteiger partial charge in [0, 0.05) is 17.6 Å². The molecule has 0 unspecified atom stereocenters. The van der Waals surface area contributed by atoms with Crippen LogP contribution in [0.2, 0.25) is 0 Å². The normalized spacial score (nSPS) is 13.4. The third-order valence-corrected chi connectivity index (χ3v) is 2.74. The van der Waals surface area contributed by atoms with Crippen LogP contribution in [0.1, 0.15) is 16.9 Å². The van der Waals surface area contributed by atoms with Gasteiger partial charge in [0.05, 0.1) is 13.4 Å². The molecule has 0 saturated heterocycles. The van der Waals surface area contributed by atoms with Gasteiger partial charge in [-0.1, -0.05) is 12.1 Å². The van der Waals surface area contributed by atoms with Crippen LogP contribution in [0.5, 0.6) is 5.75 Å². The van der Waals surface area contributed by atoms with E-state index in [1.165, 1.54) is 5.56 Å². The molecule has 1 heterocycles. The molecule has 0 N–H and O–H groups in total. The smallest absolute Gasteiger partial charge is 0.130 e. The molecule has 1 aliphatic rings. The summed E-state index contributed by atoms with van der Waals surface area (Å²) in [6.45, 7) is 0. The molecule has 3 rings (SSSR count). The van der Waals surface area contributed by atoms with E-state index in [0.29, 0.717) is 0 Å². The average Bonchev–Trinajstić information content (AvgIpc) is 2.96. The van der Waals surface area contributed by atoms with Crippen molar-refractivity contribution in [1.29, 1.82) is 0 Å². The van der Waals surface area contributed by atoms with Crippen LogP contribution in [-0.2, 0) is 0 Å². The summed E-state index contributed by atoms with van der Waals surface area (Å²) in [4.78, 5) is 0. The second kappa shape index (κ2) is 3.56. The molecule has 0 amide bonds. The molecular weight excluding hydrogens is 200 g/mol. The van der Waals surface area contributed by atoms with Gasteiger partial charge in [-0.15, -0.1) is 0 Å². The van der Waals surface area contributed by atoms with Crippen molar-refractivity contribution < 1.29 is 9.15 Å². The number of fused-ring (bicyclic) bond motifs is 1. The van der Waals surface area contributed by atoms with Gasteiger partial charge in [-0.3, -0.25) is 0 Å². The first-order valence-electron chi connectivity index (χ1n) is 5.16. The van der Waals surface area contributed by atoms with Crippen LogP contribution >= 0.6 is 0 Å². The molecule has 0 aliphatic heterocycles. The monoisotopic (exact) mass is 211 g/mol. The highest BCUT2D eigenvalue weighted by Crippen LogP contribution is 2.37. The van der Waals surface area contributed by atoms with E-state index in [2.05, 4.69) is 18.6 Å². The van der Waals surface area contributed by atoms with Crippen molar-refractivity contribution in [1.82, 2.24) is 0 Å². The molecule has 1 aromatic heterocycles. The van der Waals surface area contributed by atoms with E-state index >= 15 is 0 Å². The van der Waals surface area contributed by atoms with Crippen LogP contribution in [-0.4, -0.2) is 7.11 Å². The van der Waals surface area contributed by atoms with Crippen molar-refractivity contribution in [2.75, 3.05) is 7.11 Å². The summed E-state index contributed by atoms with van der Waals surface area (Å²) in [6.07, 6.45) is 5.88. The van der Waals surface area contributed by atoms with Crippen molar-refractivity contribution in [3.63, 3.8) is 0 Å². The SMILES string of the molecule is COc1cccc2c1C=C(c1ccco1)[CH]2. The van der Waals surface area contributed by atoms with Gasteiger partial charge in [0.25, 0.3) is 0 Å². The second-order valence-electron chi connectivity index (χ2n) is 3.68. The summed E-state index contributed by atoms with van der Waals surface area (Å²) in [5.41, 5.74) is 3.38. The average molecular weight is 211 g/mol. The first kappa shape index (κ1) is 9.28. The highest BCUT2D eigenvalue weighted by Gasteiger charge is 2.18. The number of allylic oxidation sites excluding steroid dienone is 1. The van der Waals surface area contributed by atoms with Gasteiger partial charge < -0.3 is 9.15 Å². The lowest BCUT2D eigenvalue weighted by Gasteiger charge is -2.04. The molecular formula is C14H11O2. The number of hydrogen-bond donors (Lipinski definition) is 0. The van der Waals surface area contributed by atoms with Crippen molar-refractivity contribution in [2.45, 2.75) is 0 Å².